The Kier molecular flexibility index (Phi) is 7.22. The third-order valence-electron chi connectivity index (χ3n) is 11.9. The molecule has 1 aliphatic carbocycles. The normalized spacial score (nSPS) is 14.9. The summed E-state index contributed by atoms with van der Waals surface area (Å²) in [5.41, 5.74) is 12.8. The van der Waals surface area contributed by atoms with Crippen molar-refractivity contribution >= 4 is 70.4 Å². The number of fused-ring (bicyclic) bond motifs is 7. The maximum Gasteiger partial charge on any atom is 0.0640 e. The van der Waals surface area contributed by atoms with Crippen LogP contribution in [0.3, 0.4) is 0 Å². The number of thiophene rings is 1. The van der Waals surface area contributed by atoms with Gasteiger partial charge in [0.15, 0.2) is 0 Å². The van der Waals surface area contributed by atoms with E-state index < -0.39 is 0 Å². The summed E-state index contributed by atoms with van der Waals surface area (Å²) in [6.45, 7) is 9.66. The molecule has 0 spiro atoms. The van der Waals surface area contributed by atoms with Gasteiger partial charge in [-0.05, 0) is 101 Å². The molecule has 2 nitrogen and oxygen atoms in total. The van der Waals surface area contributed by atoms with Crippen LogP contribution >= 0.6 is 11.3 Å². The molecule has 0 unspecified atom stereocenters. The fourth-order valence-electron chi connectivity index (χ4n) is 8.86. The van der Waals surface area contributed by atoms with Crippen molar-refractivity contribution in [3.05, 3.63) is 169 Å². The number of anilines is 3. The van der Waals surface area contributed by atoms with E-state index in [9.17, 15) is 0 Å². The summed E-state index contributed by atoms with van der Waals surface area (Å²) >= 11 is 1.88. The molecule has 0 saturated heterocycles. The Bertz CT molecular complexity index is 2830. The molecular formula is C50H42N2S. The molecule has 0 radical (unpaired) electrons. The lowest BCUT2D eigenvalue weighted by Gasteiger charge is -2.42. The maximum absolute atomic E-state index is 2.50. The minimum Gasteiger partial charge on any atom is -0.309 e. The van der Waals surface area contributed by atoms with E-state index in [0.29, 0.717) is 0 Å². The lowest BCUT2D eigenvalue weighted by atomic mass is 9.63. The Labute approximate surface area is 315 Å². The second kappa shape index (κ2) is 11.9. The predicted molar refractivity (Wildman–Crippen MR) is 229 cm³/mol. The third kappa shape index (κ3) is 5.13. The number of aromatic nitrogens is 1. The average molecular weight is 703 g/mol. The highest BCUT2D eigenvalue weighted by atomic mass is 32.1. The van der Waals surface area contributed by atoms with Gasteiger partial charge in [-0.3, -0.25) is 0 Å². The van der Waals surface area contributed by atoms with E-state index >= 15 is 0 Å². The van der Waals surface area contributed by atoms with Crippen molar-refractivity contribution in [2.24, 2.45) is 0 Å². The van der Waals surface area contributed by atoms with Crippen molar-refractivity contribution in [3.63, 3.8) is 0 Å². The van der Waals surface area contributed by atoms with Gasteiger partial charge < -0.3 is 9.47 Å². The topological polar surface area (TPSA) is 8.17 Å². The smallest absolute Gasteiger partial charge is 0.0640 e. The van der Waals surface area contributed by atoms with E-state index in [0.717, 1.165) is 11.4 Å². The Morgan fingerprint density at radius 2 is 1.13 bits per heavy atom. The van der Waals surface area contributed by atoms with Gasteiger partial charge in [0.1, 0.15) is 0 Å². The van der Waals surface area contributed by atoms with Crippen LogP contribution in [0.2, 0.25) is 0 Å². The first kappa shape index (κ1) is 32.0. The summed E-state index contributed by atoms with van der Waals surface area (Å²) in [7, 11) is 0. The van der Waals surface area contributed by atoms with E-state index in [1.54, 1.807) is 0 Å². The van der Waals surface area contributed by atoms with Gasteiger partial charge in [-0.2, -0.15) is 0 Å². The fraction of sp³-hybridized carbons (Fsp3) is 0.160. The number of nitrogens with zero attached hydrogens (tertiary/aromatic N) is 2. The van der Waals surface area contributed by atoms with E-state index in [1.165, 1.54) is 88.4 Å². The first-order valence-corrected chi connectivity index (χ1v) is 19.6. The fourth-order valence-corrected chi connectivity index (χ4v) is 10.1. The molecular weight excluding hydrogens is 661 g/mol. The monoisotopic (exact) mass is 702 g/mol. The molecule has 0 fully saturated rings. The average Bonchev–Trinajstić information content (AvgIpc) is 3.73. The molecule has 10 rings (SSSR count). The van der Waals surface area contributed by atoms with Gasteiger partial charge in [-0.25, -0.2) is 0 Å². The quantitative estimate of drug-likeness (QED) is 0.173. The molecule has 258 valence electrons. The molecule has 7 aromatic carbocycles. The van der Waals surface area contributed by atoms with Crippen molar-refractivity contribution in [3.8, 4) is 16.8 Å². The SMILES string of the molecule is CC1(C)CCC(C)(C)c2cc(-n3c4ccccc4c4ccc(N(c5ccc(-c6ccccc6)cc5)c5cccc6c5sc5ccccc56)cc43)ccc21. The number of hydrogen-bond donors (Lipinski definition) is 0. The van der Waals surface area contributed by atoms with Gasteiger partial charge in [-0.1, -0.05) is 131 Å². The van der Waals surface area contributed by atoms with Crippen LogP contribution in [0.1, 0.15) is 51.7 Å². The van der Waals surface area contributed by atoms with Crippen LogP contribution in [-0.4, -0.2) is 4.57 Å². The first-order valence-electron chi connectivity index (χ1n) is 18.8. The van der Waals surface area contributed by atoms with Gasteiger partial charge in [-0.15, -0.1) is 11.3 Å². The Hall–Kier alpha value is -5.64. The lowest BCUT2D eigenvalue weighted by Crippen LogP contribution is -2.33. The maximum atomic E-state index is 2.50. The van der Waals surface area contributed by atoms with E-state index in [-0.39, 0.29) is 10.8 Å². The van der Waals surface area contributed by atoms with Crippen LogP contribution in [0.15, 0.2) is 158 Å². The van der Waals surface area contributed by atoms with Gasteiger partial charge in [0.25, 0.3) is 0 Å². The summed E-state index contributed by atoms with van der Waals surface area (Å²) < 4.78 is 5.10. The second-order valence-corrected chi connectivity index (χ2v) is 17.1. The highest BCUT2D eigenvalue weighted by Gasteiger charge is 2.37. The standard InChI is InChI=1S/C50H42N2S/c1-49(2)29-30-50(3,4)43-31-36(26-28-42(43)49)52-44-18-10-8-15-38(44)39-27-25-37(32-46(39)52)51(35-23-21-34(22-24-35)33-13-6-5-7-14-33)45-19-12-17-41-40-16-9-11-20-47(40)53-48(41)45/h5-28,31-32H,29-30H2,1-4H3. The molecule has 2 aromatic heterocycles. The molecule has 0 saturated carbocycles. The molecule has 0 aliphatic heterocycles. The van der Waals surface area contributed by atoms with Gasteiger partial charge in [0.2, 0.25) is 0 Å². The summed E-state index contributed by atoms with van der Waals surface area (Å²) in [6, 6.07) is 58.5. The molecule has 1 aliphatic rings. The number of benzene rings is 7. The molecule has 2 heterocycles. The first-order chi connectivity index (χ1) is 25.8. The summed E-state index contributed by atoms with van der Waals surface area (Å²) in [5.74, 6) is 0. The van der Waals surface area contributed by atoms with Crippen LogP contribution in [0.25, 0.3) is 58.8 Å². The summed E-state index contributed by atoms with van der Waals surface area (Å²) in [4.78, 5) is 2.46. The van der Waals surface area contributed by atoms with Gasteiger partial charge >= 0.3 is 0 Å². The third-order valence-corrected chi connectivity index (χ3v) is 13.1. The minimum atomic E-state index is 0.121. The zero-order valence-corrected chi connectivity index (χ0v) is 31.5. The van der Waals surface area contributed by atoms with Crippen LogP contribution in [-0.2, 0) is 10.8 Å². The van der Waals surface area contributed by atoms with E-state index in [1.807, 2.05) is 11.3 Å². The molecule has 53 heavy (non-hydrogen) atoms. The van der Waals surface area contributed by atoms with Gasteiger partial charge in [0, 0.05) is 43.3 Å². The van der Waals surface area contributed by atoms with E-state index in [2.05, 4.69) is 195 Å². The molecule has 0 atom stereocenters. The number of rotatable bonds is 5. The van der Waals surface area contributed by atoms with Crippen LogP contribution in [0.5, 0.6) is 0 Å². The number of hydrogen-bond acceptors (Lipinski definition) is 2. The predicted octanol–water partition coefficient (Wildman–Crippen LogP) is 14.6. The Morgan fingerprint density at radius 3 is 1.94 bits per heavy atom. The molecule has 9 aromatic rings. The zero-order valence-electron chi connectivity index (χ0n) is 30.7. The highest BCUT2D eigenvalue weighted by Crippen LogP contribution is 2.48. The van der Waals surface area contributed by atoms with E-state index in [4.69, 9.17) is 0 Å². The van der Waals surface area contributed by atoms with Crippen molar-refractivity contribution in [2.75, 3.05) is 4.90 Å². The molecule has 3 heteroatoms. The summed E-state index contributed by atoms with van der Waals surface area (Å²) in [6.07, 6.45) is 2.40. The van der Waals surface area contributed by atoms with Crippen LogP contribution in [0, 0.1) is 0 Å². The molecule has 0 bridgehead atoms. The van der Waals surface area contributed by atoms with Crippen molar-refractivity contribution in [1.82, 2.24) is 4.57 Å². The number of para-hydroxylation sites is 1. The van der Waals surface area contributed by atoms with Crippen LogP contribution < -0.4 is 4.90 Å². The minimum absolute atomic E-state index is 0.121. The lowest BCUT2D eigenvalue weighted by molar-refractivity contribution is 0.332. The summed E-state index contributed by atoms with van der Waals surface area (Å²) in [5, 5.41) is 5.14. The Morgan fingerprint density at radius 1 is 0.491 bits per heavy atom. The van der Waals surface area contributed by atoms with Gasteiger partial charge in [0.05, 0.1) is 21.4 Å². The second-order valence-electron chi connectivity index (χ2n) is 16.1. The zero-order chi connectivity index (χ0) is 35.9. The van der Waals surface area contributed by atoms with Crippen molar-refractivity contribution < 1.29 is 0 Å². The van der Waals surface area contributed by atoms with Crippen LogP contribution in [0.4, 0.5) is 17.1 Å². The highest BCUT2D eigenvalue weighted by molar-refractivity contribution is 7.26. The Balaban J connectivity index is 1.22. The van der Waals surface area contributed by atoms with Crippen molar-refractivity contribution in [1.29, 1.82) is 0 Å². The largest absolute Gasteiger partial charge is 0.309 e. The molecule has 0 N–H and O–H groups in total. The van der Waals surface area contributed by atoms with Crippen molar-refractivity contribution in [2.45, 2.75) is 51.4 Å². The molecule has 0 amide bonds.